The molecular weight excluding hydrogens is 344 g/mol. The van der Waals surface area contributed by atoms with E-state index in [1.54, 1.807) is 48.6 Å². The van der Waals surface area contributed by atoms with Crippen LogP contribution < -0.4 is 0 Å². The summed E-state index contributed by atoms with van der Waals surface area (Å²) in [4.78, 5) is 2.08. The number of rotatable bonds is 3. The fourth-order valence-corrected chi connectivity index (χ4v) is 4.68. The van der Waals surface area contributed by atoms with Gasteiger partial charge < -0.3 is 4.90 Å². The van der Waals surface area contributed by atoms with Crippen LogP contribution >= 0.6 is 0 Å². The van der Waals surface area contributed by atoms with Crippen LogP contribution in [0.1, 0.15) is 22.6 Å². The summed E-state index contributed by atoms with van der Waals surface area (Å²) in [6.07, 6.45) is 3.28. The van der Waals surface area contributed by atoms with Gasteiger partial charge in [0.2, 0.25) is 9.84 Å². The van der Waals surface area contributed by atoms with Gasteiger partial charge >= 0.3 is 0 Å². The molecule has 1 atom stereocenters. The molecule has 0 aromatic heterocycles. The molecule has 1 heterocycles. The number of allylic oxidation sites excluding steroid dienone is 2. The molecule has 4 nitrogen and oxygen atoms in total. The SMILES string of the molecule is Cc1ccc(C2C(C#N)=CN(C)C=C2S(=O)(=O)c2ccc(C)cc2)cc1. The lowest BCUT2D eigenvalue weighted by Gasteiger charge is -2.27. The van der Waals surface area contributed by atoms with E-state index in [1.807, 2.05) is 38.1 Å². The van der Waals surface area contributed by atoms with E-state index in [4.69, 9.17) is 0 Å². The molecule has 0 aliphatic carbocycles. The Labute approximate surface area is 154 Å². The molecule has 5 heteroatoms. The van der Waals surface area contributed by atoms with Crippen LogP contribution in [0.4, 0.5) is 0 Å². The van der Waals surface area contributed by atoms with Crippen LogP contribution in [0.25, 0.3) is 0 Å². The molecule has 1 aliphatic rings. The van der Waals surface area contributed by atoms with Crippen molar-refractivity contribution in [1.29, 1.82) is 5.26 Å². The molecule has 2 aromatic rings. The van der Waals surface area contributed by atoms with Gasteiger partial charge in [0.25, 0.3) is 0 Å². The van der Waals surface area contributed by atoms with Gasteiger partial charge in [-0.3, -0.25) is 0 Å². The highest BCUT2D eigenvalue weighted by Gasteiger charge is 2.34. The van der Waals surface area contributed by atoms with Crippen molar-refractivity contribution >= 4 is 9.84 Å². The van der Waals surface area contributed by atoms with Crippen molar-refractivity contribution in [2.24, 2.45) is 0 Å². The van der Waals surface area contributed by atoms with Gasteiger partial charge in [-0.2, -0.15) is 5.26 Å². The monoisotopic (exact) mass is 364 g/mol. The normalized spacial score (nSPS) is 17.3. The third-order valence-corrected chi connectivity index (χ3v) is 6.30. The van der Waals surface area contributed by atoms with Crippen molar-refractivity contribution in [3.8, 4) is 6.07 Å². The van der Waals surface area contributed by atoms with E-state index in [9.17, 15) is 13.7 Å². The standard InChI is InChI=1S/C21H20N2O2S/c1-15-4-8-17(9-5-15)21-18(12-22)13-23(3)14-20(21)26(24,25)19-10-6-16(2)7-11-19/h4-11,13-14,21H,1-3H3. The van der Waals surface area contributed by atoms with Crippen LogP contribution in [0.15, 0.2) is 76.3 Å². The number of benzene rings is 2. The van der Waals surface area contributed by atoms with Gasteiger partial charge in [-0.15, -0.1) is 0 Å². The molecule has 26 heavy (non-hydrogen) atoms. The molecule has 0 saturated heterocycles. The van der Waals surface area contributed by atoms with Crippen molar-refractivity contribution in [1.82, 2.24) is 4.90 Å². The Morgan fingerprint density at radius 3 is 2.00 bits per heavy atom. The summed E-state index contributed by atoms with van der Waals surface area (Å²) in [5.41, 5.74) is 3.27. The maximum atomic E-state index is 13.3. The number of sulfone groups is 1. The fourth-order valence-electron chi connectivity index (χ4n) is 3.03. The maximum absolute atomic E-state index is 13.3. The van der Waals surface area contributed by atoms with Gasteiger partial charge in [0.1, 0.15) is 0 Å². The molecule has 132 valence electrons. The summed E-state index contributed by atoms with van der Waals surface area (Å²) in [5.74, 6) is -0.608. The molecule has 0 radical (unpaired) electrons. The van der Waals surface area contributed by atoms with E-state index in [0.717, 1.165) is 16.7 Å². The highest BCUT2D eigenvalue weighted by Crippen LogP contribution is 2.40. The Morgan fingerprint density at radius 2 is 1.46 bits per heavy atom. The minimum absolute atomic E-state index is 0.215. The topological polar surface area (TPSA) is 61.2 Å². The van der Waals surface area contributed by atoms with Crippen molar-refractivity contribution in [3.05, 3.63) is 88.1 Å². The first-order valence-electron chi connectivity index (χ1n) is 8.26. The first-order chi connectivity index (χ1) is 12.3. The second-order valence-electron chi connectivity index (χ2n) is 6.55. The van der Waals surface area contributed by atoms with Gasteiger partial charge in [-0.1, -0.05) is 47.5 Å². The smallest absolute Gasteiger partial charge is 0.205 e. The zero-order chi connectivity index (χ0) is 18.9. The number of hydrogen-bond acceptors (Lipinski definition) is 4. The third-order valence-electron chi connectivity index (χ3n) is 4.45. The zero-order valence-electron chi connectivity index (χ0n) is 15.0. The van der Waals surface area contributed by atoms with Crippen LogP contribution in [-0.2, 0) is 9.84 Å². The van der Waals surface area contributed by atoms with Crippen molar-refractivity contribution in [3.63, 3.8) is 0 Å². The van der Waals surface area contributed by atoms with E-state index >= 15 is 0 Å². The van der Waals surface area contributed by atoms with Crippen molar-refractivity contribution < 1.29 is 8.42 Å². The molecule has 0 amide bonds. The van der Waals surface area contributed by atoms with Crippen molar-refractivity contribution in [2.75, 3.05) is 7.05 Å². The second kappa shape index (κ2) is 6.81. The van der Waals surface area contributed by atoms with Gasteiger partial charge in [-0.05, 0) is 31.5 Å². The quantitative estimate of drug-likeness (QED) is 0.824. The Morgan fingerprint density at radius 1 is 0.923 bits per heavy atom. The van der Waals surface area contributed by atoms with Gasteiger partial charge in [-0.25, -0.2) is 8.42 Å². The number of nitrogens with zero attached hydrogens (tertiary/aromatic N) is 2. The summed E-state index contributed by atoms with van der Waals surface area (Å²) in [6, 6.07) is 16.6. The summed E-state index contributed by atoms with van der Waals surface area (Å²) in [5, 5.41) is 9.62. The lowest BCUT2D eigenvalue weighted by Crippen LogP contribution is -2.22. The number of hydrogen-bond donors (Lipinski definition) is 0. The van der Waals surface area contributed by atoms with E-state index < -0.39 is 15.8 Å². The Bertz CT molecular complexity index is 1020. The first-order valence-corrected chi connectivity index (χ1v) is 9.75. The molecule has 1 unspecified atom stereocenters. The highest BCUT2D eigenvalue weighted by atomic mass is 32.2. The van der Waals surface area contributed by atoms with Gasteiger partial charge in [0, 0.05) is 19.4 Å². The minimum atomic E-state index is -3.73. The Balaban J connectivity index is 2.17. The van der Waals surface area contributed by atoms with Crippen LogP contribution in [0.3, 0.4) is 0 Å². The van der Waals surface area contributed by atoms with Crippen LogP contribution in [0.5, 0.6) is 0 Å². The maximum Gasteiger partial charge on any atom is 0.205 e. The van der Waals surface area contributed by atoms with E-state index in [1.165, 1.54) is 0 Å². The van der Waals surface area contributed by atoms with Gasteiger partial charge in [0.15, 0.2) is 0 Å². The van der Waals surface area contributed by atoms with E-state index in [-0.39, 0.29) is 9.80 Å². The van der Waals surface area contributed by atoms with Crippen molar-refractivity contribution in [2.45, 2.75) is 24.7 Å². The van der Waals surface area contributed by atoms with Crippen LogP contribution in [0.2, 0.25) is 0 Å². The lowest BCUT2D eigenvalue weighted by atomic mass is 9.90. The number of nitriles is 1. The molecule has 2 aromatic carbocycles. The molecule has 0 fully saturated rings. The predicted octanol–water partition coefficient (Wildman–Crippen LogP) is 4.06. The average molecular weight is 364 g/mol. The Kier molecular flexibility index (Phi) is 4.71. The Hall–Kier alpha value is -2.84. The molecule has 0 spiro atoms. The molecule has 0 saturated carbocycles. The highest BCUT2D eigenvalue weighted by molar-refractivity contribution is 7.95. The van der Waals surface area contributed by atoms with E-state index in [0.29, 0.717) is 5.57 Å². The molecular formula is C21H20N2O2S. The second-order valence-corrected chi connectivity index (χ2v) is 8.50. The summed E-state index contributed by atoms with van der Waals surface area (Å²) in [6.45, 7) is 3.88. The average Bonchev–Trinajstić information content (AvgIpc) is 2.62. The zero-order valence-corrected chi connectivity index (χ0v) is 15.8. The van der Waals surface area contributed by atoms with E-state index in [2.05, 4.69) is 6.07 Å². The third kappa shape index (κ3) is 3.29. The van der Waals surface area contributed by atoms with Crippen LogP contribution in [0, 0.1) is 25.2 Å². The van der Waals surface area contributed by atoms with Gasteiger partial charge in [0.05, 0.1) is 27.4 Å². The van der Waals surface area contributed by atoms with Crippen LogP contribution in [-0.4, -0.2) is 20.4 Å². The predicted molar refractivity (Wildman–Crippen MR) is 102 cm³/mol. The molecule has 0 bridgehead atoms. The molecule has 3 rings (SSSR count). The summed E-state index contributed by atoms with van der Waals surface area (Å²) in [7, 11) is -2.01. The first kappa shape index (κ1) is 18.0. The summed E-state index contributed by atoms with van der Waals surface area (Å²) >= 11 is 0. The largest absolute Gasteiger partial charge is 0.355 e. The summed E-state index contributed by atoms with van der Waals surface area (Å²) < 4.78 is 26.6. The molecule has 1 aliphatic heterocycles. The fraction of sp³-hybridized carbons (Fsp3) is 0.190. The lowest BCUT2D eigenvalue weighted by molar-refractivity contribution is 0.575. The molecule has 0 N–H and O–H groups in total. The number of aryl methyl sites for hydroxylation is 2. The minimum Gasteiger partial charge on any atom is -0.355 e.